The summed E-state index contributed by atoms with van der Waals surface area (Å²) in [6.07, 6.45) is 2.38. The summed E-state index contributed by atoms with van der Waals surface area (Å²) < 4.78 is 7.67. The van der Waals surface area contributed by atoms with Crippen LogP contribution in [0.2, 0.25) is 5.02 Å². The molecule has 0 bridgehead atoms. The van der Waals surface area contributed by atoms with Gasteiger partial charge in [0.2, 0.25) is 0 Å². The van der Waals surface area contributed by atoms with Crippen molar-refractivity contribution in [2.75, 3.05) is 6.61 Å². The van der Waals surface area contributed by atoms with E-state index < -0.39 is 0 Å². The summed E-state index contributed by atoms with van der Waals surface area (Å²) in [5.41, 5.74) is 1.91. The van der Waals surface area contributed by atoms with Crippen LogP contribution in [-0.2, 0) is 11.2 Å². The maximum absolute atomic E-state index is 12.0. The Kier molecular flexibility index (Phi) is 4.11. The molecule has 2 aromatic rings. The van der Waals surface area contributed by atoms with Crippen LogP contribution in [0.1, 0.15) is 30.0 Å². The minimum atomic E-state index is -0.362. The molecule has 0 spiro atoms. The SMILES string of the molecule is CCOC(=O)c1c(CC)nc2cc(I)c(Cl)cn12. The zero-order chi connectivity index (χ0) is 13.3. The van der Waals surface area contributed by atoms with Crippen LogP contribution in [0, 0.1) is 3.57 Å². The second kappa shape index (κ2) is 5.44. The lowest BCUT2D eigenvalue weighted by atomic mass is 10.2. The third-order valence-electron chi connectivity index (χ3n) is 2.54. The Hall–Kier alpha value is -0.820. The predicted octanol–water partition coefficient (Wildman–Crippen LogP) is 3.33. The lowest BCUT2D eigenvalue weighted by Gasteiger charge is -2.04. The number of imidazole rings is 1. The van der Waals surface area contributed by atoms with Gasteiger partial charge in [0.05, 0.1) is 17.3 Å². The van der Waals surface area contributed by atoms with Crippen molar-refractivity contribution in [3.63, 3.8) is 0 Å². The van der Waals surface area contributed by atoms with E-state index in [0.717, 1.165) is 9.26 Å². The summed E-state index contributed by atoms with van der Waals surface area (Å²) in [6, 6.07) is 1.85. The van der Waals surface area contributed by atoms with Crippen molar-refractivity contribution in [3.05, 3.63) is 32.2 Å². The summed E-state index contributed by atoms with van der Waals surface area (Å²) in [6.45, 7) is 4.08. The minimum Gasteiger partial charge on any atom is -0.461 e. The van der Waals surface area contributed by atoms with Gasteiger partial charge in [0.25, 0.3) is 0 Å². The number of hydrogen-bond acceptors (Lipinski definition) is 3. The number of aromatic nitrogens is 2. The molecule has 0 aromatic carbocycles. The molecule has 0 unspecified atom stereocenters. The van der Waals surface area contributed by atoms with E-state index >= 15 is 0 Å². The maximum atomic E-state index is 12.0. The van der Waals surface area contributed by atoms with Gasteiger partial charge in [-0.05, 0) is 42.0 Å². The largest absolute Gasteiger partial charge is 0.461 e. The second-order valence-electron chi connectivity index (χ2n) is 3.68. The number of rotatable bonds is 3. The molecule has 6 heteroatoms. The van der Waals surface area contributed by atoms with E-state index in [1.807, 2.05) is 13.0 Å². The van der Waals surface area contributed by atoms with E-state index in [0.29, 0.717) is 29.4 Å². The van der Waals surface area contributed by atoms with Crippen LogP contribution in [0.25, 0.3) is 5.65 Å². The molecule has 0 radical (unpaired) electrons. The summed E-state index contributed by atoms with van der Waals surface area (Å²) in [4.78, 5) is 16.4. The molecule has 0 aliphatic rings. The number of fused-ring (bicyclic) bond motifs is 1. The van der Waals surface area contributed by atoms with Crippen molar-refractivity contribution in [2.24, 2.45) is 0 Å². The molecule has 0 atom stereocenters. The van der Waals surface area contributed by atoms with Crippen LogP contribution < -0.4 is 0 Å². The first kappa shape index (κ1) is 13.6. The molecule has 2 aromatic heterocycles. The highest BCUT2D eigenvalue weighted by molar-refractivity contribution is 14.1. The van der Waals surface area contributed by atoms with Gasteiger partial charge < -0.3 is 4.74 Å². The number of ether oxygens (including phenoxy) is 1. The van der Waals surface area contributed by atoms with Crippen molar-refractivity contribution < 1.29 is 9.53 Å². The number of carbonyl (C=O) groups is 1. The molecule has 0 saturated heterocycles. The third kappa shape index (κ3) is 2.33. The van der Waals surface area contributed by atoms with E-state index in [9.17, 15) is 4.79 Å². The highest BCUT2D eigenvalue weighted by atomic mass is 127. The first-order chi connectivity index (χ1) is 8.58. The number of nitrogens with zero attached hydrogens (tertiary/aromatic N) is 2. The summed E-state index contributed by atoms with van der Waals surface area (Å²) >= 11 is 8.22. The van der Waals surface area contributed by atoms with Crippen LogP contribution in [0.3, 0.4) is 0 Å². The van der Waals surface area contributed by atoms with Gasteiger partial charge in [0.15, 0.2) is 5.69 Å². The van der Waals surface area contributed by atoms with Gasteiger partial charge in [0, 0.05) is 9.77 Å². The Labute approximate surface area is 123 Å². The van der Waals surface area contributed by atoms with Crippen LogP contribution in [0.15, 0.2) is 12.3 Å². The molecule has 2 heterocycles. The van der Waals surface area contributed by atoms with Gasteiger partial charge in [-0.2, -0.15) is 0 Å². The number of halogens is 2. The van der Waals surface area contributed by atoms with Gasteiger partial charge in [-0.15, -0.1) is 0 Å². The number of esters is 1. The number of hydrogen-bond donors (Lipinski definition) is 0. The molecule has 18 heavy (non-hydrogen) atoms. The van der Waals surface area contributed by atoms with E-state index in [4.69, 9.17) is 16.3 Å². The van der Waals surface area contributed by atoms with E-state index in [-0.39, 0.29) is 5.97 Å². The van der Waals surface area contributed by atoms with E-state index in [1.165, 1.54) is 0 Å². The Balaban J connectivity index is 2.68. The van der Waals surface area contributed by atoms with Gasteiger partial charge in [0.1, 0.15) is 5.65 Å². The average molecular weight is 379 g/mol. The molecule has 96 valence electrons. The van der Waals surface area contributed by atoms with Crippen LogP contribution in [-0.4, -0.2) is 22.0 Å². The highest BCUT2D eigenvalue weighted by Crippen LogP contribution is 2.23. The van der Waals surface area contributed by atoms with Crippen molar-refractivity contribution >= 4 is 45.8 Å². The first-order valence-corrected chi connectivity index (χ1v) is 7.07. The fraction of sp³-hybridized carbons (Fsp3) is 0.333. The summed E-state index contributed by atoms with van der Waals surface area (Å²) in [5.74, 6) is -0.362. The first-order valence-electron chi connectivity index (χ1n) is 5.61. The maximum Gasteiger partial charge on any atom is 0.357 e. The monoisotopic (exact) mass is 378 g/mol. The Morgan fingerprint density at radius 2 is 2.28 bits per heavy atom. The number of pyridine rings is 1. The van der Waals surface area contributed by atoms with E-state index in [2.05, 4.69) is 27.6 Å². The summed E-state index contributed by atoms with van der Waals surface area (Å²) in [7, 11) is 0. The molecular weight excluding hydrogens is 367 g/mol. The van der Waals surface area contributed by atoms with Gasteiger partial charge in [-0.25, -0.2) is 9.78 Å². The van der Waals surface area contributed by atoms with Crippen molar-refractivity contribution in [1.29, 1.82) is 0 Å². The quantitative estimate of drug-likeness (QED) is 0.608. The smallest absolute Gasteiger partial charge is 0.357 e. The Morgan fingerprint density at radius 3 is 2.89 bits per heavy atom. The fourth-order valence-electron chi connectivity index (χ4n) is 1.75. The fourth-order valence-corrected chi connectivity index (χ4v) is 2.32. The second-order valence-corrected chi connectivity index (χ2v) is 5.25. The van der Waals surface area contributed by atoms with Crippen molar-refractivity contribution in [2.45, 2.75) is 20.3 Å². The van der Waals surface area contributed by atoms with Gasteiger partial charge in [-0.1, -0.05) is 18.5 Å². The van der Waals surface area contributed by atoms with Crippen LogP contribution in [0.5, 0.6) is 0 Å². The van der Waals surface area contributed by atoms with Crippen LogP contribution >= 0.6 is 34.2 Å². The Bertz CT molecular complexity index is 610. The van der Waals surface area contributed by atoms with Crippen molar-refractivity contribution in [1.82, 2.24) is 9.38 Å². The third-order valence-corrected chi connectivity index (χ3v) is 4.05. The lowest BCUT2D eigenvalue weighted by Crippen LogP contribution is -2.10. The molecule has 0 N–H and O–H groups in total. The Morgan fingerprint density at radius 1 is 1.56 bits per heavy atom. The molecule has 4 nitrogen and oxygen atoms in total. The molecule has 0 aliphatic carbocycles. The molecule has 0 saturated carbocycles. The molecule has 0 fully saturated rings. The normalized spacial score (nSPS) is 10.9. The molecule has 0 amide bonds. The molecule has 2 rings (SSSR count). The standard InChI is InChI=1S/C12H12ClIN2O2/c1-3-9-11(12(17)18-4-2)16-6-7(13)8(14)5-10(16)15-9/h5-6H,3-4H2,1-2H3. The highest BCUT2D eigenvalue weighted by Gasteiger charge is 2.20. The predicted molar refractivity (Wildman–Crippen MR) is 78.3 cm³/mol. The zero-order valence-corrected chi connectivity index (χ0v) is 12.9. The number of aryl methyl sites for hydroxylation is 1. The molecule has 0 aliphatic heterocycles. The van der Waals surface area contributed by atoms with Gasteiger partial charge >= 0.3 is 5.97 Å². The zero-order valence-electron chi connectivity index (χ0n) is 10.0. The number of carbonyl (C=O) groups excluding carboxylic acids is 1. The minimum absolute atomic E-state index is 0.341. The van der Waals surface area contributed by atoms with Crippen molar-refractivity contribution in [3.8, 4) is 0 Å². The van der Waals surface area contributed by atoms with E-state index in [1.54, 1.807) is 17.5 Å². The summed E-state index contributed by atoms with van der Waals surface area (Å²) in [5, 5.41) is 0.591. The lowest BCUT2D eigenvalue weighted by molar-refractivity contribution is 0.0517. The van der Waals surface area contributed by atoms with Crippen LogP contribution in [0.4, 0.5) is 0 Å². The van der Waals surface area contributed by atoms with Gasteiger partial charge in [-0.3, -0.25) is 4.40 Å². The topological polar surface area (TPSA) is 43.6 Å². The average Bonchev–Trinajstić information content (AvgIpc) is 2.68. The molecular formula is C12H12ClIN2O2.